The number of aliphatic hydroxyl groups excluding tert-OH is 1. The van der Waals surface area contributed by atoms with Gasteiger partial charge in [-0.1, -0.05) is 269 Å². The number of nitrogens with zero attached hydrogens (tertiary/aromatic N) is 1. The second-order valence-electron chi connectivity index (χ2n) is 21.7. The Morgan fingerprint density at radius 1 is 0.462 bits per heavy atom. The number of amides is 1. The number of carbonyl (C=O) groups excluding carboxylic acids is 1. The van der Waals surface area contributed by atoms with Crippen LogP contribution in [0.2, 0.25) is 0 Å². The lowest BCUT2D eigenvalue weighted by Crippen LogP contribution is -2.45. The van der Waals surface area contributed by atoms with Crippen LogP contribution in [-0.4, -0.2) is 68.5 Å². The summed E-state index contributed by atoms with van der Waals surface area (Å²) in [6, 6.07) is -0.908. The number of phosphoric acid groups is 1. The van der Waals surface area contributed by atoms with Gasteiger partial charge >= 0.3 is 0 Å². The number of hydrogen-bond acceptors (Lipinski definition) is 6. The van der Waals surface area contributed by atoms with Crippen LogP contribution in [0.1, 0.15) is 232 Å². The van der Waals surface area contributed by atoms with Crippen LogP contribution in [0.3, 0.4) is 0 Å². The summed E-state index contributed by atoms with van der Waals surface area (Å²) >= 11 is 0. The van der Waals surface area contributed by atoms with Crippen molar-refractivity contribution in [2.24, 2.45) is 0 Å². The maximum atomic E-state index is 13.0. The molecule has 444 valence electrons. The largest absolute Gasteiger partial charge is 0.756 e. The van der Waals surface area contributed by atoms with Gasteiger partial charge in [0.25, 0.3) is 7.82 Å². The van der Waals surface area contributed by atoms with Gasteiger partial charge in [0, 0.05) is 6.42 Å². The highest BCUT2D eigenvalue weighted by Gasteiger charge is 2.23. The van der Waals surface area contributed by atoms with Gasteiger partial charge in [-0.25, -0.2) is 0 Å². The van der Waals surface area contributed by atoms with Crippen LogP contribution >= 0.6 is 7.82 Å². The van der Waals surface area contributed by atoms with E-state index in [9.17, 15) is 19.4 Å². The number of rotatable bonds is 55. The average Bonchev–Trinajstić information content (AvgIpc) is 3.40. The third kappa shape index (κ3) is 60.0. The quantitative estimate of drug-likeness (QED) is 0.0272. The molecule has 0 heterocycles. The Kier molecular flexibility index (Phi) is 55.4. The molecule has 0 aliphatic heterocycles. The fraction of sp³-hybridized carbons (Fsp3) is 0.638. The van der Waals surface area contributed by atoms with Crippen molar-refractivity contribution in [3.8, 4) is 0 Å². The molecule has 78 heavy (non-hydrogen) atoms. The van der Waals surface area contributed by atoms with Crippen molar-refractivity contribution in [3.05, 3.63) is 146 Å². The maximum Gasteiger partial charge on any atom is 0.268 e. The van der Waals surface area contributed by atoms with E-state index >= 15 is 0 Å². The lowest BCUT2D eigenvalue weighted by molar-refractivity contribution is -0.870. The van der Waals surface area contributed by atoms with Gasteiger partial charge in [0.2, 0.25) is 5.91 Å². The minimum absolute atomic E-state index is 0.0124. The van der Waals surface area contributed by atoms with Crippen molar-refractivity contribution in [2.75, 3.05) is 40.9 Å². The first-order chi connectivity index (χ1) is 38.0. The molecular formula is C69H117N2O6P. The fourth-order valence-electron chi connectivity index (χ4n) is 8.22. The van der Waals surface area contributed by atoms with Gasteiger partial charge in [-0.3, -0.25) is 9.36 Å². The van der Waals surface area contributed by atoms with Gasteiger partial charge in [-0.05, 0) is 103 Å². The Morgan fingerprint density at radius 3 is 1.14 bits per heavy atom. The zero-order valence-corrected chi connectivity index (χ0v) is 51.5. The molecule has 0 aromatic heterocycles. The number of carbonyl (C=O) groups is 1. The molecule has 2 N–H and O–H groups in total. The third-order valence-corrected chi connectivity index (χ3v) is 14.0. The Balaban J connectivity index is 4.22. The summed E-state index contributed by atoms with van der Waals surface area (Å²) in [5.41, 5.74) is 0. The Bertz CT molecular complexity index is 1780. The van der Waals surface area contributed by atoms with Crippen molar-refractivity contribution < 1.29 is 32.9 Å². The predicted molar refractivity (Wildman–Crippen MR) is 338 cm³/mol. The Morgan fingerprint density at radius 2 is 0.782 bits per heavy atom. The zero-order valence-electron chi connectivity index (χ0n) is 50.6. The van der Waals surface area contributed by atoms with E-state index in [0.29, 0.717) is 17.4 Å². The van der Waals surface area contributed by atoms with E-state index in [-0.39, 0.29) is 12.5 Å². The van der Waals surface area contributed by atoms with Crippen LogP contribution in [0.5, 0.6) is 0 Å². The van der Waals surface area contributed by atoms with Crippen molar-refractivity contribution in [1.82, 2.24) is 5.32 Å². The Labute approximate surface area is 480 Å². The molecule has 8 nitrogen and oxygen atoms in total. The number of quaternary nitrogens is 1. The summed E-state index contributed by atoms with van der Waals surface area (Å²) < 4.78 is 23.3. The molecule has 0 bridgehead atoms. The molecule has 0 fully saturated rings. The van der Waals surface area contributed by atoms with Gasteiger partial charge in [0.15, 0.2) is 0 Å². The lowest BCUT2D eigenvalue weighted by atomic mass is 10.0. The van der Waals surface area contributed by atoms with Gasteiger partial charge in [-0.2, -0.15) is 0 Å². The Hall–Kier alpha value is -3.62. The first-order valence-corrected chi connectivity index (χ1v) is 32.7. The SMILES string of the molecule is CC/C=C\C/C=C\C/C=C\C/C=C\C/C=C\C/C=C\C/C=C\C/C=C\C/C=C\C/C=C\C/C=C\CCCCCCCC(=O)NC(COP(=O)([O-])OCC[N+](C)(C)C)C(O)/C=C/CCCCCCCCCCCCCCCCC. The number of likely N-dealkylation sites (N-methyl/N-ethyl adjacent to an activating group) is 1. The van der Waals surface area contributed by atoms with Crippen LogP contribution in [0.25, 0.3) is 0 Å². The third-order valence-electron chi connectivity index (χ3n) is 13.1. The topological polar surface area (TPSA) is 108 Å². The molecule has 0 saturated carbocycles. The number of unbranched alkanes of at least 4 members (excludes halogenated alkanes) is 20. The lowest BCUT2D eigenvalue weighted by Gasteiger charge is -2.29. The molecule has 0 rings (SSSR count). The molecule has 0 aromatic carbocycles. The van der Waals surface area contributed by atoms with Gasteiger partial charge in [0.1, 0.15) is 13.2 Å². The van der Waals surface area contributed by atoms with Crippen molar-refractivity contribution in [1.29, 1.82) is 0 Å². The van der Waals surface area contributed by atoms with Crippen LogP contribution in [0, 0.1) is 0 Å². The highest BCUT2D eigenvalue weighted by molar-refractivity contribution is 7.45. The normalized spacial score (nSPS) is 14.8. The summed E-state index contributed by atoms with van der Waals surface area (Å²) in [5.74, 6) is -0.221. The van der Waals surface area contributed by atoms with E-state index < -0.39 is 26.6 Å². The molecule has 3 atom stereocenters. The zero-order chi connectivity index (χ0) is 57.0. The van der Waals surface area contributed by atoms with Gasteiger partial charge in [-0.15, -0.1) is 0 Å². The maximum absolute atomic E-state index is 13.0. The molecule has 0 spiro atoms. The van der Waals surface area contributed by atoms with E-state index in [2.05, 4.69) is 153 Å². The first-order valence-electron chi connectivity index (χ1n) is 31.2. The van der Waals surface area contributed by atoms with Crippen LogP contribution in [-0.2, 0) is 18.4 Å². The molecule has 1 amide bonds. The van der Waals surface area contributed by atoms with Gasteiger partial charge < -0.3 is 28.8 Å². The molecule has 0 aromatic rings. The van der Waals surface area contributed by atoms with Gasteiger partial charge in [0.05, 0.1) is 39.9 Å². The smallest absolute Gasteiger partial charge is 0.268 e. The van der Waals surface area contributed by atoms with Crippen molar-refractivity contribution >= 4 is 13.7 Å². The second-order valence-corrected chi connectivity index (χ2v) is 23.1. The molecular weight excluding hydrogens is 984 g/mol. The summed E-state index contributed by atoms with van der Waals surface area (Å²) in [6.07, 6.45) is 89.3. The summed E-state index contributed by atoms with van der Waals surface area (Å²) in [4.78, 5) is 25.5. The monoisotopic (exact) mass is 1100 g/mol. The highest BCUT2D eigenvalue weighted by Crippen LogP contribution is 2.38. The van der Waals surface area contributed by atoms with E-state index in [1.807, 2.05) is 27.2 Å². The van der Waals surface area contributed by atoms with Crippen LogP contribution in [0.4, 0.5) is 0 Å². The number of allylic oxidation sites excluding steroid dienone is 23. The van der Waals surface area contributed by atoms with Crippen LogP contribution in [0.15, 0.2) is 146 Å². The summed E-state index contributed by atoms with van der Waals surface area (Å²) in [7, 11) is 1.23. The first kappa shape index (κ1) is 74.4. The summed E-state index contributed by atoms with van der Waals surface area (Å²) in [6.45, 7) is 4.51. The minimum atomic E-state index is -4.61. The molecule has 0 saturated heterocycles. The fourth-order valence-corrected chi connectivity index (χ4v) is 8.94. The number of phosphoric ester groups is 1. The minimum Gasteiger partial charge on any atom is -0.756 e. The predicted octanol–water partition coefficient (Wildman–Crippen LogP) is 19.0. The number of hydrogen-bond donors (Lipinski definition) is 2. The number of aliphatic hydroxyl groups is 1. The number of nitrogens with one attached hydrogen (secondary N) is 1. The van der Waals surface area contributed by atoms with Crippen LogP contribution < -0.4 is 10.2 Å². The average molecular weight is 1100 g/mol. The van der Waals surface area contributed by atoms with E-state index in [0.717, 1.165) is 128 Å². The second kappa shape index (κ2) is 58.0. The molecule has 0 aliphatic rings. The van der Waals surface area contributed by atoms with Crippen molar-refractivity contribution in [2.45, 2.75) is 244 Å². The van der Waals surface area contributed by atoms with E-state index in [1.165, 1.54) is 83.5 Å². The van der Waals surface area contributed by atoms with E-state index in [1.54, 1.807) is 6.08 Å². The van der Waals surface area contributed by atoms with E-state index in [4.69, 9.17) is 9.05 Å². The highest BCUT2D eigenvalue weighted by atomic mass is 31.2. The standard InChI is InChI=1S/C69H117N2O6P/c1-6-8-10-12-14-16-18-20-22-24-25-26-27-28-29-30-31-32-33-34-35-36-37-38-39-40-41-42-43-44-45-47-49-51-53-55-57-59-61-63-69(73)70-67(66-77-78(74,75)76-65-64-71(3,4)5)68(72)62-60-58-56-54-52-50-48-46-23-21-19-17-15-13-11-9-7-2/h8,10,14,16,20,22,25-26,28-29,31-32,34-35,37-38,40-41,43-44,47,49,60,62,67-68,72H,6-7,9,11-13,15,17-19,21,23-24,27,30,33,36,39,42,45-46,48,50-59,61,63-66H2,1-5H3,(H-,70,73,74,75)/b10-8-,16-14-,22-20-,26-25-,29-28-,32-31-,35-34-,38-37-,41-40-,44-43-,49-47-,62-60+. The molecule has 0 aliphatic carbocycles. The summed E-state index contributed by atoms with van der Waals surface area (Å²) in [5, 5.41) is 13.9. The molecule has 9 heteroatoms. The molecule has 3 unspecified atom stereocenters. The molecule has 0 radical (unpaired) electrons. The van der Waals surface area contributed by atoms with Crippen molar-refractivity contribution in [3.63, 3.8) is 0 Å².